The Bertz CT molecular complexity index is 879. The molecule has 2 aromatic rings. The first-order valence-electron chi connectivity index (χ1n) is 10.3. The zero-order valence-corrected chi connectivity index (χ0v) is 18.1. The number of likely N-dealkylation sites (tertiary alicyclic amines) is 1. The first kappa shape index (κ1) is 23.4. The van der Waals surface area contributed by atoms with Gasteiger partial charge in [0, 0.05) is 0 Å². The number of methoxy groups -OCH3 is 1. The predicted octanol–water partition coefficient (Wildman–Crippen LogP) is 5.65. The number of piperidine rings is 1. The smallest absolute Gasteiger partial charge is 0.418 e. The lowest BCUT2D eigenvalue weighted by Crippen LogP contribution is -2.39. The van der Waals surface area contributed by atoms with E-state index in [-0.39, 0.29) is 17.3 Å². The summed E-state index contributed by atoms with van der Waals surface area (Å²) in [6.07, 6.45) is -0.606. The molecule has 0 aliphatic carbocycles. The van der Waals surface area contributed by atoms with Gasteiger partial charge in [-0.25, -0.2) is 0 Å². The molecule has 0 atom stereocenters. The Labute approximate surface area is 185 Å². The number of hydrogen-bond donors (Lipinski definition) is 1. The lowest BCUT2D eigenvalue weighted by Gasteiger charge is -2.31. The third-order valence-corrected chi connectivity index (χ3v) is 5.97. The highest BCUT2D eigenvalue weighted by Crippen LogP contribution is 2.38. The number of amides is 1. The molecule has 168 valence electrons. The Hall–Kier alpha value is -2.25. The number of benzene rings is 2. The van der Waals surface area contributed by atoms with E-state index in [1.165, 1.54) is 17.7 Å². The molecule has 1 N–H and O–H groups in total. The predicted molar refractivity (Wildman–Crippen MR) is 116 cm³/mol. The molecular formula is C23H26ClF3N2O2. The standard InChI is InChI=1S/C23H26ClF3N2O2/c1-31-18-9-7-16(8-10-18)5-6-17-11-13-29(14-12-17)15-21(30)28-22-19(23(25,26)27)3-2-4-20(22)24/h2-4,7-10,17H,5-6,11-15H2,1H3,(H,28,30). The fourth-order valence-electron chi connectivity index (χ4n) is 3.87. The highest BCUT2D eigenvalue weighted by atomic mass is 35.5. The molecule has 0 saturated carbocycles. The van der Waals surface area contributed by atoms with Crippen LogP contribution in [-0.4, -0.2) is 37.6 Å². The maximum Gasteiger partial charge on any atom is 0.418 e. The number of para-hydroxylation sites is 1. The average Bonchev–Trinajstić information content (AvgIpc) is 2.74. The van der Waals surface area contributed by atoms with Gasteiger partial charge >= 0.3 is 6.18 Å². The fraction of sp³-hybridized carbons (Fsp3) is 0.435. The molecule has 4 nitrogen and oxygen atoms in total. The number of anilines is 1. The fourth-order valence-corrected chi connectivity index (χ4v) is 4.09. The molecule has 0 unspecified atom stereocenters. The molecule has 1 heterocycles. The number of aryl methyl sites for hydroxylation is 1. The van der Waals surface area contributed by atoms with E-state index in [1.54, 1.807) is 7.11 Å². The van der Waals surface area contributed by atoms with Crippen LogP contribution >= 0.6 is 11.6 Å². The minimum atomic E-state index is -4.59. The molecule has 1 fully saturated rings. The van der Waals surface area contributed by atoms with Crippen molar-refractivity contribution in [3.8, 4) is 5.75 Å². The van der Waals surface area contributed by atoms with Gasteiger partial charge < -0.3 is 10.1 Å². The summed E-state index contributed by atoms with van der Waals surface area (Å²) in [6, 6.07) is 11.5. The van der Waals surface area contributed by atoms with Gasteiger partial charge in [-0.05, 0) is 74.5 Å². The number of carbonyl (C=O) groups excluding carboxylic acids is 1. The number of halogens is 4. The second kappa shape index (κ2) is 10.4. The van der Waals surface area contributed by atoms with Crippen LogP contribution in [0.1, 0.15) is 30.4 Å². The molecule has 8 heteroatoms. The zero-order chi connectivity index (χ0) is 22.4. The highest BCUT2D eigenvalue weighted by Gasteiger charge is 2.35. The van der Waals surface area contributed by atoms with Crippen LogP contribution in [-0.2, 0) is 17.4 Å². The van der Waals surface area contributed by atoms with Crippen molar-refractivity contribution in [1.29, 1.82) is 0 Å². The first-order chi connectivity index (χ1) is 14.8. The third-order valence-electron chi connectivity index (χ3n) is 5.66. The van der Waals surface area contributed by atoms with Gasteiger partial charge in [0.25, 0.3) is 0 Å². The van der Waals surface area contributed by atoms with Crippen molar-refractivity contribution in [2.24, 2.45) is 5.92 Å². The highest BCUT2D eigenvalue weighted by molar-refractivity contribution is 6.34. The summed E-state index contributed by atoms with van der Waals surface area (Å²) in [5.74, 6) is 0.923. The molecule has 3 rings (SSSR count). The van der Waals surface area contributed by atoms with Crippen LogP contribution in [0.15, 0.2) is 42.5 Å². The number of ether oxygens (including phenoxy) is 1. The Morgan fingerprint density at radius 3 is 2.45 bits per heavy atom. The summed E-state index contributed by atoms with van der Waals surface area (Å²) in [4.78, 5) is 14.3. The summed E-state index contributed by atoms with van der Waals surface area (Å²) < 4.78 is 44.7. The molecule has 2 aromatic carbocycles. The SMILES string of the molecule is COc1ccc(CCC2CCN(CC(=O)Nc3c(Cl)cccc3C(F)(F)F)CC2)cc1. The van der Waals surface area contributed by atoms with Gasteiger partial charge in [0.1, 0.15) is 5.75 Å². The summed E-state index contributed by atoms with van der Waals surface area (Å²) >= 11 is 5.91. The van der Waals surface area contributed by atoms with E-state index in [0.29, 0.717) is 5.92 Å². The van der Waals surface area contributed by atoms with Crippen LogP contribution in [0.25, 0.3) is 0 Å². The third kappa shape index (κ3) is 6.61. The van der Waals surface area contributed by atoms with Crippen molar-refractivity contribution in [2.75, 3.05) is 32.1 Å². The van der Waals surface area contributed by atoms with Crippen LogP contribution in [0, 0.1) is 5.92 Å². The van der Waals surface area contributed by atoms with Gasteiger partial charge in [0.15, 0.2) is 0 Å². The maximum absolute atomic E-state index is 13.2. The number of hydrogen-bond acceptors (Lipinski definition) is 3. The van der Waals surface area contributed by atoms with E-state index < -0.39 is 17.6 Å². The second-order valence-electron chi connectivity index (χ2n) is 7.81. The van der Waals surface area contributed by atoms with Crippen molar-refractivity contribution in [1.82, 2.24) is 4.90 Å². The van der Waals surface area contributed by atoms with Crippen molar-refractivity contribution >= 4 is 23.2 Å². The monoisotopic (exact) mass is 454 g/mol. The number of carbonyl (C=O) groups is 1. The minimum Gasteiger partial charge on any atom is -0.497 e. The van der Waals surface area contributed by atoms with Crippen molar-refractivity contribution in [3.05, 3.63) is 58.6 Å². The van der Waals surface area contributed by atoms with E-state index >= 15 is 0 Å². The molecule has 0 spiro atoms. The number of alkyl halides is 3. The van der Waals surface area contributed by atoms with Crippen molar-refractivity contribution < 1.29 is 22.7 Å². The quantitative estimate of drug-likeness (QED) is 0.587. The largest absolute Gasteiger partial charge is 0.497 e. The van der Waals surface area contributed by atoms with Gasteiger partial charge in [0.2, 0.25) is 5.91 Å². The molecule has 1 amide bonds. The zero-order valence-electron chi connectivity index (χ0n) is 17.3. The maximum atomic E-state index is 13.2. The molecule has 1 aliphatic rings. The molecule has 1 saturated heterocycles. The average molecular weight is 455 g/mol. The molecule has 0 bridgehead atoms. The van der Waals surface area contributed by atoms with Crippen LogP contribution in [0.4, 0.5) is 18.9 Å². The van der Waals surface area contributed by atoms with Crippen molar-refractivity contribution in [3.63, 3.8) is 0 Å². The lowest BCUT2D eigenvalue weighted by molar-refractivity contribution is -0.137. The van der Waals surface area contributed by atoms with Crippen LogP contribution in [0.5, 0.6) is 5.75 Å². The van der Waals surface area contributed by atoms with Gasteiger partial charge in [-0.2, -0.15) is 13.2 Å². The molecule has 0 aromatic heterocycles. The van der Waals surface area contributed by atoms with E-state index in [0.717, 1.165) is 50.6 Å². The Morgan fingerprint density at radius 1 is 1.16 bits per heavy atom. The molecule has 1 aliphatic heterocycles. The second-order valence-corrected chi connectivity index (χ2v) is 8.22. The summed E-state index contributed by atoms with van der Waals surface area (Å²) in [7, 11) is 1.65. The lowest BCUT2D eigenvalue weighted by atomic mass is 9.90. The Kier molecular flexibility index (Phi) is 7.84. The van der Waals surface area contributed by atoms with Gasteiger partial charge in [-0.3, -0.25) is 9.69 Å². The normalized spacial score (nSPS) is 15.6. The van der Waals surface area contributed by atoms with Crippen molar-refractivity contribution in [2.45, 2.75) is 31.9 Å². The topological polar surface area (TPSA) is 41.6 Å². The number of nitrogens with one attached hydrogen (secondary N) is 1. The summed E-state index contributed by atoms with van der Waals surface area (Å²) in [5.41, 5.74) is -0.0514. The van der Waals surface area contributed by atoms with E-state index in [9.17, 15) is 18.0 Å². The number of rotatable bonds is 7. The minimum absolute atomic E-state index is 0.0493. The Balaban J connectivity index is 1.46. The molecule has 0 radical (unpaired) electrons. The Morgan fingerprint density at radius 2 is 1.84 bits per heavy atom. The van der Waals surface area contributed by atoms with Crippen LogP contribution in [0.2, 0.25) is 5.02 Å². The summed E-state index contributed by atoms with van der Waals surface area (Å²) in [6.45, 7) is 1.54. The summed E-state index contributed by atoms with van der Waals surface area (Å²) in [5, 5.41) is 2.23. The van der Waals surface area contributed by atoms with Gasteiger partial charge in [-0.15, -0.1) is 0 Å². The van der Waals surface area contributed by atoms with Crippen LogP contribution in [0.3, 0.4) is 0 Å². The van der Waals surface area contributed by atoms with Crippen LogP contribution < -0.4 is 10.1 Å². The number of nitrogens with zero attached hydrogens (tertiary/aromatic N) is 1. The van der Waals surface area contributed by atoms with Gasteiger partial charge in [-0.1, -0.05) is 29.8 Å². The molecular weight excluding hydrogens is 429 g/mol. The van der Waals surface area contributed by atoms with E-state index in [1.807, 2.05) is 17.0 Å². The van der Waals surface area contributed by atoms with E-state index in [2.05, 4.69) is 17.4 Å². The first-order valence-corrected chi connectivity index (χ1v) is 10.6. The van der Waals surface area contributed by atoms with E-state index in [4.69, 9.17) is 16.3 Å². The van der Waals surface area contributed by atoms with Gasteiger partial charge in [0.05, 0.1) is 29.9 Å². The molecule has 31 heavy (non-hydrogen) atoms.